The zero-order chi connectivity index (χ0) is 13.7. The standard InChI is InChI=1S/C14H17N3O2/c1-11(18)16-9-14-15-7-8-17(14)10-12-3-5-13(19-2)6-4-12/h3-8H,9-10H2,1-2H3,(H,16,18). The van der Waals surface area contributed by atoms with Gasteiger partial charge in [0.05, 0.1) is 13.7 Å². The van der Waals surface area contributed by atoms with Crippen LogP contribution in [0.5, 0.6) is 5.75 Å². The number of ether oxygens (including phenoxy) is 1. The van der Waals surface area contributed by atoms with Gasteiger partial charge in [-0.1, -0.05) is 12.1 Å². The number of benzene rings is 1. The van der Waals surface area contributed by atoms with Gasteiger partial charge in [0.25, 0.3) is 0 Å². The second kappa shape index (κ2) is 6.04. The van der Waals surface area contributed by atoms with E-state index in [1.54, 1.807) is 13.3 Å². The van der Waals surface area contributed by atoms with Crippen LogP contribution < -0.4 is 10.1 Å². The van der Waals surface area contributed by atoms with Crippen LogP contribution in [0, 0.1) is 0 Å². The van der Waals surface area contributed by atoms with Gasteiger partial charge in [-0.15, -0.1) is 0 Å². The van der Waals surface area contributed by atoms with Gasteiger partial charge in [0.1, 0.15) is 11.6 Å². The van der Waals surface area contributed by atoms with E-state index in [0.29, 0.717) is 6.54 Å². The van der Waals surface area contributed by atoms with Crippen LogP contribution in [0.3, 0.4) is 0 Å². The summed E-state index contributed by atoms with van der Waals surface area (Å²) in [7, 11) is 1.65. The molecule has 0 atom stereocenters. The average molecular weight is 259 g/mol. The molecule has 0 saturated carbocycles. The Balaban J connectivity index is 2.05. The van der Waals surface area contributed by atoms with Crippen LogP contribution in [0.2, 0.25) is 0 Å². The molecule has 0 bridgehead atoms. The zero-order valence-electron chi connectivity index (χ0n) is 11.1. The minimum Gasteiger partial charge on any atom is -0.497 e. The van der Waals surface area contributed by atoms with Gasteiger partial charge in [-0.2, -0.15) is 0 Å². The predicted molar refractivity (Wildman–Crippen MR) is 71.8 cm³/mol. The highest BCUT2D eigenvalue weighted by Gasteiger charge is 2.04. The van der Waals surface area contributed by atoms with Crippen LogP contribution in [0.25, 0.3) is 0 Å². The largest absolute Gasteiger partial charge is 0.497 e. The van der Waals surface area contributed by atoms with Gasteiger partial charge in [-0.05, 0) is 17.7 Å². The molecule has 1 aromatic heterocycles. The van der Waals surface area contributed by atoms with Gasteiger partial charge in [0, 0.05) is 25.9 Å². The fraction of sp³-hybridized carbons (Fsp3) is 0.286. The van der Waals surface area contributed by atoms with Gasteiger partial charge in [-0.25, -0.2) is 4.98 Å². The van der Waals surface area contributed by atoms with E-state index in [1.165, 1.54) is 6.92 Å². The molecule has 0 spiro atoms. The maximum atomic E-state index is 10.9. The second-order valence-corrected chi connectivity index (χ2v) is 4.23. The Kier molecular flexibility index (Phi) is 4.18. The number of nitrogens with one attached hydrogen (secondary N) is 1. The highest BCUT2D eigenvalue weighted by molar-refractivity contribution is 5.72. The minimum absolute atomic E-state index is 0.0565. The highest BCUT2D eigenvalue weighted by Crippen LogP contribution is 2.13. The third-order valence-corrected chi connectivity index (χ3v) is 2.81. The van der Waals surface area contributed by atoms with Gasteiger partial charge in [0.2, 0.25) is 5.91 Å². The van der Waals surface area contributed by atoms with Crippen molar-refractivity contribution in [3.05, 3.63) is 48.0 Å². The Hall–Kier alpha value is -2.30. The summed E-state index contributed by atoms with van der Waals surface area (Å²) in [5, 5.41) is 2.75. The molecule has 100 valence electrons. The molecule has 2 aromatic rings. The number of carbonyl (C=O) groups is 1. The number of hydrogen-bond donors (Lipinski definition) is 1. The highest BCUT2D eigenvalue weighted by atomic mass is 16.5. The van der Waals surface area contributed by atoms with Crippen LogP contribution >= 0.6 is 0 Å². The minimum atomic E-state index is -0.0565. The van der Waals surface area contributed by atoms with Crippen molar-refractivity contribution >= 4 is 5.91 Å². The molecule has 0 saturated heterocycles. The number of carbonyl (C=O) groups excluding carboxylic acids is 1. The Labute approximate surface area is 112 Å². The van der Waals surface area contributed by atoms with Crippen molar-refractivity contribution in [3.63, 3.8) is 0 Å². The lowest BCUT2D eigenvalue weighted by Crippen LogP contribution is -2.21. The second-order valence-electron chi connectivity index (χ2n) is 4.23. The van der Waals surface area contributed by atoms with Gasteiger partial charge < -0.3 is 14.6 Å². The summed E-state index contributed by atoms with van der Waals surface area (Å²) in [6, 6.07) is 7.89. The molecule has 5 nitrogen and oxygen atoms in total. The van der Waals surface area contributed by atoms with E-state index in [9.17, 15) is 4.79 Å². The lowest BCUT2D eigenvalue weighted by atomic mass is 10.2. The molecule has 0 aliphatic carbocycles. The third kappa shape index (κ3) is 3.58. The Morgan fingerprint density at radius 3 is 2.74 bits per heavy atom. The molecule has 5 heteroatoms. The Morgan fingerprint density at radius 2 is 2.11 bits per heavy atom. The molecule has 1 N–H and O–H groups in total. The normalized spacial score (nSPS) is 10.2. The topological polar surface area (TPSA) is 56.1 Å². The van der Waals surface area contributed by atoms with Crippen molar-refractivity contribution in [1.82, 2.24) is 14.9 Å². The average Bonchev–Trinajstić information content (AvgIpc) is 2.84. The van der Waals surface area contributed by atoms with Gasteiger partial charge in [-0.3, -0.25) is 4.79 Å². The van der Waals surface area contributed by atoms with E-state index < -0.39 is 0 Å². The Bertz CT molecular complexity index is 546. The SMILES string of the molecule is COc1ccc(Cn2ccnc2CNC(C)=O)cc1. The van der Waals surface area contributed by atoms with Gasteiger partial charge in [0.15, 0.2) is 0 Å². The summed E-state index contributed by atoms with van der Waals surface area (Å²) in [4.78, 5) is 15.2. The smallest absolute Gasteiger partial charge is 0.217 e. The van der Waals surface area contributed by atoms with E-state index in [4.69, 9.17) is 4.74 Å². The van der Waals surface area contributed by atoms with Crippen molar-refractivity contribution in [1.29, 1.82) is 0 Å². The van der Waals surface area contributed by atoms with Crippen molar-refractivity contribution < 1.29 is 9.53 Å². The number of aromatic nitrogens is 2. The molecule has 19 heavy (non-hydrogen) atoms. The molecule has 0 aliphatic heterocycles. The quantitative estimate of drug-likeness (QED) is 0.887. The van der Waals surface area contributed by atoms with E-state index in [1.807, 2.05) is 35.0 Å². The maximum absolute atomic E-state index is 10.9. The van der Waals surface area contributed by atoms with E-state index in [2.05, 4.69) is 10.3 Å². The summed E-state index contributed by atoms with van der Waals surface area (Å²) in [6.07, 6.45) is 3.64. The van der Waals surface area contributed by atoms with Crippen LogP contribution in [0.1, 0.15) is 18.3 Å². The summed E-state index contributed by atoms with van der Waals surface area (Å²) < 4.78 is 7.14. The lowest BCUT2D eigenvalue weighted by molar-refractivity contribution is -0.119. The molecule has 0 aliphatic rings. The number of methoxy groups -OCH3 is 1. The molecule has 0 unspecified atom stereocenters. The maximum Gasteiger partial charge on any atom is 0.217 e. The Morgan fingerprint density at radius 1 is 1.37 bits per heavy atom. The molecule has 2 rings (SSSR count). The number of rotatable bonds is 5. The summed E-state index contributed by atoms with van der Waals surface area (Å²) in [5.41, 5.74) is 1.16. The van der Waals surface area contributed by atoms with E-state index in [0.717, 1.165) is 23.7 Å². The number of nitrogens with zero attached hydrogens (tertiary/aromatic N) is 2. The predicted octanol–water partition coefficient (Wildman–Crippen LogP) is 1.58. The number of imidazole rings is 1. The van der Waals surface area contributed by atoms with Crippen molar-refractivity contribution in [2.45, 2.75) is 20.0 Å². The summed E-state index contributed by atoms with van der Waals surface area (Å²) in [5.74, 6) is 1.62. The van der Waals surface area contributed by atoms with Crippen molar-refractivity contribution in [2.24, 2.45) is 0 Å². The first-order chi connectivity index (χ1) is 9.19. The zero-order valence-corrected chi connectivity index (χ0v) is 11.1. The number of amides is 1. The van der Waals surface area contributed by atoms with Crippen LogP contribution in [-0.2, 0) is 17.9 Å². The molecule has 1 amide bonds. The summed E-state index contributed by atoms with van der Waals surface area (Å²) >= 11 is 0. The molecular weight excluding hydrogens is 242 g/mol. The first-order valence-electron chi connectivity index (χ1n) is 6.06. The monoisotopic (exact) mass is 259 g/mol. The summed E-state index contributed by atoms with van der Waals surface area (Å²) in [6.45, 7) is 2.66. The first kappa shape index (κ1) is 13.1. The fourth-order valence-electron chi connectivity index (χ4n) is 1.78. The van der Waals surface area contributed by atoms with Crippen LogP contribution in [0.15, 0.2) is 36.7 Å². The fourth-order valence-corrected chi connectivity index (χ4v) is 1.78. The molecule has 1 heterocycles. The van der Waals surface area contributed by atoms with Crippen molar-refractivity contribution in [2.75, 3.05) is 7.11 Å². The van der Waals surface area contributed by atoms with E-state index >= 15 is 0 Å². The van der Waals surface area contributed by atoms with Crippen LogP contribution in [0.4, 0.5) is 0 Å². The first-order valence-corrected chi connectivity index (χ1v) is 6.06. The van der Waals surface area contributed by atoms with Crippen molar-refractivity contribution in [3.8, 4) is 5.75 Å². The van der Waals surface area contributed by atoms with E-state index in [-0.39, 0.29) is 5.91 Å². The molecule has 1 aromatic carbocycles. The van der Waals surface area contributed by atoms with Crippen LogP contribution in [-0.4, -0.2) is 22.6 Å². The van der Waals surface area contributed by atoms with Gasteiger partial charge >= 0.3 is 0 Å². The molecule has 0 radical (unpaired) electrons. The third-order valence-electron chi connectivity index (χ3n) is 2.81. The number of hydrogen-bond acceptors (Lipinski definition) is 3. The molecule has 0 fully saturated rings. The molecular formula is C14H17N3O2. The lowest BCUT2D eigenvalue weighted by Gasteiger charge is -2.09.